The minimum absolute atomic E-state index is 0.0919. The molecule has 1 amide bonds. The second-order valence-electron chi connectivity index (χ2n) is 4.65. The fourth-order valence-electron chi connectivity index (χ4n) is 1.97. The number of aromatic amines is 1. The van der Waals surface area contributed by atoms with Gasteiger partial charge in [0.2, 0.25) is 0 Å². The predicted molar refractivity (Wildman–Crippen MR) is 83.3 cm³/mol. The fourth-order valence-corrected chi connectivity index (χ4v) is 1.97. The predicted octanol–water partition coefficient (Wildman–Crippen LogP) is 1.65. The molecule has 0 fully saturated rings. The number of hydrogen-bond donors (Lipinski definition) is 3. The molecular weight excluding hydrogens is 266 g/mol. The Hall–Kier alpha value is -2.11. The van der Waals surface area contributed by atoms with Crippen molar-refractivity contribution in [1.82, 2.24) is 15.6 Å². The van der Waals surface area contributed by atoms with Crippen LogP contribution in [0, 0.1) is 0 Å². The Labute approximate surface area is 124 Å². The van der Waals surface area contributed by atoms with E-state index < -0.39 is 0 Å². The first-order chi connectivity index (χ1) is 10.3. The van der Waals surface area contributed by atoms with E-state index in [1.807, 2.05) is 36.4 Å². The molecule has 0 radical (unpaired) electrons. The molecule has 0 aliphatic rings. The quantitative estimate of drug-likeness (QED) is 0.647. The number of carbonyl (C=O) groups excluding carboxylic acids is 1. The molecule has 0 bridgehead atoms. The summed E-state index contributed by atoms with van der Waals surface area (Å²) in [5.41, 5.74) is 2.59. The lowest BCUT2D eigenvalue weighted by Gasteiger charge is -2.05. The topological polar surface area (TPSA) is 66.2 Å². The van der Waals surface area contributed by atoms with Crippen molar-refractivity contribution in [1.29, 1.82) is 0 Å². The molecule has 1 aromatic heterocycles. The third-order valence-electron chi connectivity index (χ3n) is 3.09. The Morgan fingerprint density at radius 1 is 1.10 bits per heavy atom. The number of carbonyl (C=O) groups is 1. The van der Waals surface area contributed by atoms with Gasteiger partial charge in [-0.2, -0.15) is 0 Å². The van der Waals surface area contributed by atoms with Crippen LogP contribution in [0.15, 0.2) is 42.5 Å². The number of nitrogens with one attached hydrogen (secondary N) is 3. The summed E-state index contributed by atoms with van der Waals surface area (Å²) in [6, 6.07) is 13.7. The number of aromatic nitrogens is 1. The van der Waals surface area contributed by atoms with Gasteiger partial charge in [-0.15, -0.1) is 0 Å². The third-order valence-corrected chi connectivity index (χ3v) is 3.09. The molecule has 0 unspecified atom stereocenters. The van der Waals surface area contributed by atoms with Gasteiger partial charge < -0.3 is 20.4 Å². The molecule has 1 heterocycles. The third kappa shape index (κ3) is 4.73. The lowest BCUT2D eigenvalue weighted by molar-refractivity contribution is 0.0949. The van der Waals surface area contributed by atoms with E-state index in [1.165, 1.54) is 0 Å². The molecule has 3 N–H and O–H groups in total. The summed E-state index contributed by atoms with van der Waals surface area (Å²) in [6.07, 6.45) is 0. The van der Waals surface area contributed by atoms with Crippen LogP contribution in [-0.2, 0) is 4.74 Å². The SMILES string of the molecule is COCCNCCNC(=O)c1ccc(-c2ccccc2)[nH]1. The van der Waals surface area contributed by atoms with E-state index in [4.69, 9.17) is 4.74 Å². The Kier molecular flexibility index (Phi) is 5.99. The maximum Gasteiger partial charge on any atom is 0.267 e. The Morgan fingerprint density at radius 2 is 1.90 bits per heavy atom. The summed E-state index contributed by atoms with van der Waals surface area (Å²) >= 11 is 0. The first-order valence-corrected chi connectivity index (χ1v) is 7.03. The van der Waals surface area contributed by atoms with Crippen LogP contribution in [0.2, 0.25) is 0 Å². The van der Waals surface area contributed by atoms with Crippen LogP contribution < -0.4 is 10.6 Å². The van der Waals surface area contributed by atoms with Crippen molar-refractivity contribution < 1.29 is 9.53 Å². The van der Waals surface area contributed by atoms with Crippen LogP contribution in [0.4, 0.5) is 0 Å². The first-order valence-electron chi connectivity index (χ1n) is 7.03. The monoisotopic (exact) mass is 287 g/mol. The van der Waals surface area contributed by atoms with E-state index in [-0.39, 0.29) is 5.91 Å². The molecule has 0 spiro atoms. The van der Waals surface area contributed by atoms with Gasteiger partial charge in [0.1, 0.15) is 5.69 Å². The average Bonchev–Trinajstić information content (AvgIpc) is 3.01. The van der Waals surface area contributed by atoms with E-state index in [2.05, 4.69) is 15.6 Å². The first kappa shape index (κ1) is 15.3. The summed E-state index contributed by atoms with van der Waals surface area (Å²) in [7, 11) is 1.67. The summed E-state index contributed by atoms with van der Waals surface area (Å²) < 4.78 is 4.93. The number of methoxy groups -OCH3 is 1. The van der Waals surface area contributed by atoms with Gasteiger partial charge >= 0.3 is 0 Å². The van der Waals surface area contributed by atoms with Crippen molar-refractivity contribution in [2.75, 3.05) is 33.4 Å². The minimum atomic E-state index is -0.0919. The molecular formula is C16H21N3O2. The fraction of sp³-hybridized carbons (Fsp3) is 0.312. The molecule has 5 nitrogen and oxygen atoms in total. The number of benzene rings is 1. The molecule has 1 aromatic carbocycles. The number of rotatable bonds is 8. The highest BCUT2D eigenvalue weighted by molar-refractivity contribution is 5.93. The molecule has 112 valence electrons. The van der Waals surface area contributed by atoms with Crippen molar-refractivity contribution in [3.63, 3.8) is 0 Å². The average molecular weight is 287 g/mol. The van der Waals surface area contributed by atoms with Crippen LogP contribution in [0.5, 0.6) is 0 Å². The van der Waals surface area contributed by atoms with E-state index in [0.29, 0.717) is 18.8 Å². The van der Waals surface area contributed by atoms with E-state index in [0.717, 1.165) is 24.3 Å². The second kappa shape index (κ2) is 8.24. The molecule has 0 saturated heterocycles. The van der Waals surface area contributed by atoms with Gasteiger partial charge in [-0.1, -0.05) is 30.3 Å². The molecule has 5 heteroatoms. The van der Waals surface area contributed by atoms with Crippen molar-refractivity contribution in [3.8, 4) is 11.3 Å². The molecule has 2 aromatic rings. The lowest BCUT2D eigenvalue weighted by atomic mass is 10.2. The standard InChI is InChI=1S/C16H21N3O2/c1-21-12-11-17-9-10-18-16(20)15-8-7-14(19-15)13-5-3-2-4-6-13/h2-8,17,19H,9-12H2,1H3,(H,18,20). The smallest absolute Gasteiger partial charge is 0.267 e. The van der Waals surface area contributed by atoms with Gasteiger partial charge in [0.25, 0.3) is 5.91 Å². The van der Waals surface area contributed by atoms with Gasteiger partial charge in [-0.05, 0) is 17.7 Å². The van der Waals surface area contributed by atoms with Gasteiger partial charge in [-0.3, -0.25) is 4.79 Å². The van der Waals surface area contributed by atoms with Crippen LogP contribution in [0.25, 0.3) is 11.3 Å². The van der Waals surface area contributed by atoms with Gasteiger partial charge in [0.05, 0.1) is 6.61 Å². The van der Waals surface area contributed by atoms with Crippen LogP contribution in [-0.4, -0.2) is 44.2 Å². The Bertz CT molecular complexity index is 552. The van der Waals surface area contributed by atoms with Gasteiger partial charge in [-0.25, -0.2) is 0 Å². The van der Waals surface area contributed by atoms with E-state index >= 15 is 0 Å². The van der Waals surface area contributed by atoms with Crippen molar-refractivity contribution in [3.05, 3.63) is 48.2 Å². The summed E-state index contributed by atoms with van der Waals surface area (Å²) in [5, 5.41) is 6.04. The second-order valence-corrected chi connectivity index (χ2v) is 4.65. The van der Waals surface area contributed by atoms with Crippen molar-refractivity contribution >= 4 is 5.91 Å². The Morgan fingerprint density at radius 3 is 2.67 bits per heavy atom. The zero-order valence-corrected chi connectivity index (χ0v) is 12.2. The normalized spacial score (nSPS) is 10.5. The molecule has 21 heavy (non-hydrogen) atoms. The largest absolute Gasteiger partial charge is 0.383 e. The highest BCUT2D eigenvalue weighted by atomic mass is 16.5. The van der Waals surface area contributed by atoms with Crippen LogP contribution in [0.1, 0.15) is 10.5 Å². The maximum absolute atomic E-state index is 12.0. The number of amides is 1. The van der Waals surface area contributed by atoms with E-state index in [1.54, 1.807) is 13.2 Å². The van der Waals surface area contributed by atoms with E-state index in [9.17, 15) is 4.79 Å². The van der Waals surface area contributed by atoms with Gasteiger partial charge in [0, 0.05) is 32.4 Å². The number of H-pyrrole nitrogens is 1. The molecule has 0 atom stereocenters. The van der Waals surface area contributed by atoms with Gasteiger partial charge in [0.15, 0.2) is 0 Å². The van der Waals surface area contributed by atoms with Crippen molar-refractivity contribution in [2.24, 2.45) is 0 Å². The minimum Gasteiger partial charge on any atom is -0.383 e. The Balaban J connectivity index is 1.80. The zero-order valence-electron chi connectivity index (χ0n) is 12.2. The summed E-state index contributed by atoms with van der Waals surface area (Å²) in [6.45, 7) is 2.77. The summed E-state index contributed by atoms with van der Waals surface area (Å²) in [4.78, 5) is 15.1. The van der Waals surface area contributed by atoms with Crippen LogP contribution >= 0.6 is 0 Å². The van der Waals surface area contributed by atoms with Crippen LogP contribution in [0.3, 0.4) is 0 Å². The molecule has 0 saturated carbocycles. The highest BCUT2D eigenvalue weighted by Gasteiger charge is 2.08. The molecule has 0 aliphatic carbocycles. The molecule has 0 aliphatic heterocycles. The summed E-state index contributed by atoms with van der Waals surface area (Å²) in [5.74, 6) is -0.0919. The molecule has 2 rings (SSSR count). The zero-order chi connectivity index (χ0) is 14.9. The number of ether oxygens (including phenoxy) is 1. The van der Waals surface area contributed by atoms with Crippen molar-refractivity contribution in [2.45, 2.75) is 0 Å². The highest BCUT2D eigenvalue weighted by Crippen LogP contribution is 2.17. The number of hydrogen-bond acceptors (Lipinski definition) is 3. The lowest BCUT2D eigenvalue weighted by Crippen LogP contribution is -2.33. The maximum atomic E-state index is 12.0.